The molecular weight excluding hydrogens is 190 g/mol. The highest BCUT2D eigenvalue weighted by atomic mass is 16.5. The maximum absolute atomic E-state index is 9.32. The van der Waals surface area contributed by atoms with Crippen LogP contribution >= 0.6 is 0 Å². The zero-order chi connectivity index (χ0) is 10.7. The summed E-state index contributed by atoms with van der Waals surface area (Å²) < 4.78 is 11.1. The summed E-state index contributed by atoms with van der Waals surface area (Å²) in [6, 6.07) is 2.51. The second kappa shape index (κ2) is 4.51. The Bertz CT molecular complexity index is 261. The Balaban J connectivity index is 1.85. The predicted octanol–water partition coefficient (Wildman–Crippen LogP) is 2.26. The quantitative estimate of drug-likeness (QED) is 0.652. The lowest BCUT2D eigenvalue weighted by atomic mass is 9.72. The van der Waals surface area contributed by atoms with E-state index < -0.39 is 0 Å². The van der Waals surface area contributed by atoms with Crippen molar-refractivity contribution in [2.45, 2.75) is 51.2 Å². The summed E-state index contributed by atoms with van der Waals surface area (Å²) in [5, 5.41) is 9.32. The molecule has 3 heteroatoms. The summed E-state index contributed by atoms with van der Waals surface area (Å²) in [7, 11) is 0. The van der Waals surface area contributed by atoms with Crippen LogP contribution in [0.25, 0.3) is 0 Å². The summed E-state index contributed by atoms with van der Waals surface area (Å²) in [4.78, 5) is 0. The lowest BCUT2D eigenvalue weighted by molar-refractivity contribution is 0.0703. The van der Waals surface area contributed by atoms with Crippen LogP contribution in [-0.2, 0) is 9.47 Å². The SMILES string of the molecule is CCOCCCC1(C#N)CC2CCC1O2. The zero-order valence-corrected chi connectivity index (χ0v) is 9.37. The molecule has 2 fully saturated rings. The third-order valence-corrected chi connectivity index (χ3v) is 3.65. The molecule has 0 amide bonds. The van der Waals surface area contributed by atoms with Gasteiger partial charge >= 0.3 is 0 Å². The molecule has 2 saturated heterocycles. The largest absolute Gasteiger partial charge is 0.382 e. The van der Waals surface area contributed by atoms with Crippen LogP contribution < -0.4 is 0 Å². The van der Waals surface area contributed by atoms with Crippen LogP contribution in [-0.4, -0.2) is 25.4 Å². The zero-order valence-electron chi connectivity index (χ0n) is 9.37. The second-order valence-electron chi connectivity index (χ2n) is 4.60. The Morgan fingerprint density at radius 1 is 1.53 bits per heavy atom. The standard InChI is InChI=1S/C12H19NO2/c1-2-14-7-3-6-12(9-13)8-10-4-5-11(12)15-10/h10-11H,2-8H2,1H3. The highest BCUT2D eigenvalue weighted by Crippen LogP contribution is 2.49. The molecule has 3 nitrogen and oxygen atoms in total. The van der Waals surface area contributed by atoms with E-state index >= 15 is 0 Å². The molecule has 0 aromatic heterocycles. The number of ether oxygens (including phenoxy) is 2. The molecule has 0 radical (unpaired) electrons. The van der Waals surface area contributed by atoms with Gasteiger partial charge in [0.05, 0.1) is 23.7 Å². The van der Waals surface area contributed by atoms with E-state index in [0.717, 1.165) is 45.3 Å². The van der Waals surface area contributed by atoms with Crippen LogP contribution in [0.3, 0.4) is 0 Å². The van der Waals surface area contributed by atoms with E-state index in [1.807, 2.05) is 6.92 Å². The fourth-order valence-corrected chi connectivity index (χ4v) is 2.87. The van der Waals surface area contributed by atoms with Crippen molar-refractivity contribution in [3.63, 3.8) is 0 Å². The van der Waals surface area contributed by atoms with Crippen LogP contribution in [0.5, 0.6) is 0 Å². The first-order valence-electron chi connectivity index (χ1n) is 5.95. The van der Waals surface area contributed by atoms with Gasteiger partial charge in [-0.05, 0) is 39.0 Å². The van der Waals surface area contributed by atoms with Crippen molar-refractivity contribution in [2.75, 3.05) is 13.2 Å². The van der Waals surface area contributed by atoms with Gasteiger partial charge in [-0.3, -0.25) is 0 Å². The van der Waals surface area contributed by atoms with Crippen molar-refractivity contribution in [1.82, 2.24) is 0 Å². The molecule has 2 bridgehead atoms. The number of hydrogen-bond acceptors (Lipinski definition) is 3. The molecule has 3 atom stereocenters. The van der Waals surface area contributed by atoms with E-state index in [4.69, 9.17) is 9.47 Å². The van der Waals surface area contributed by atoms with Gasteiger partial charge in [0.15, 0.2) is 0 Å². The molecule has 2 aliphatic rings. The Kier molecular flexibility index (Phi) is 3.28. The van der Waals surface area contributed by atoms with Crippen molar-refractivity contribution < 1.29 is 9.47 Å². The molecule has 0 aromatic rings. The summed E-state index contributed by atoms with van der Waals surface area (Å²) in [6.45, 7) is 3.54. The van der Waals surface area contributed by atoms with Crippen molar-refractivity contribution in [2.24, 2.45) is 5.41 Å². The highest BCUT2D eigenvalue weighted by Gasteiger charge is 2.52. The highest BCUT2D eigenvalue weighted by molar-refractivity contribution is 5.12. The molecule has 0 aromatic carbocycles. The third-order valence-electron chi connectivity index (χ3n) is 3.65. The molecule has 2 rings (SSSR count). The molecule has 0 saturated carbocycles. The molecule has 0 aliphatic carbocycles. The molecule has 84 valence electrons. The lowest BCUT2D eigenvalue weighted by Crippen LogP contribution is -2.31. The second-order valence-corrected chi connectivity index (χ2v) is 4.60. The van der Waals surface area contributed by atoms with Gasteiger partial charge in [-0.25, -0.2) is 0 Å². The van der Waals surface area contributed by atoms with Gasteiger partial charge in [0.25, 0.3) is 0 Å². The number of fused-ring (bicyclic) bond motifs is 2. The lowest BCUT2D eigenvalue weighted by Gasteiger charge is -2.27. The first-order valence-corrected chi connectivity index (χ1v) is 5.95. The van der Waals surface area contributed by atoms with Crippen molar-refractivity contribution >= 4 is 0 Å². The van der Waals surface area contributed by atoms with Crippen LogP contribution in [0, 0.1) is 16.7 Å². The fraction of sp³-hybridized carbons (Fsp3) is 0.917. The van der Waals surface area contributed by atoms with Crippen LogP contribution in [0.1, 0.15) is 39.0 Å². The first-order chi connectivity index (χ1) is 7.30. The Hall–Kier alpha value is -0.590. The minimum atomic E-state index is -0.194. The van der Waals surface area contributed by atoms with Gasteiger partial charge < -0.3 is 9.47 Å². The summed E-state index contributed by atoms with van der Waals surface area (Å²) in [5.74, 6) is 0. The van der Waals surface area contributed by atoms with E-state index in [-0.39, 0.29) is 11.5 Å². The smallest absolute Gasteiger partial charge is 0.0860 e. The van der Waals surface area contributed by atoms with Gasteiger partial charge in [-0.2, -0.15) is 5.26 Å². The van der Waals surface area contributed by atoms with Gasteiger partial charge in [0, 0.05) is 13.2 Å². The van der Waals surface area contributed by atoms with Crippen LogP contribution in [0.15, 0.2) is 0 Å². The average Bonchev–Trinajstić information content (AvgIpc) is 2.85. The maximum atomic E-state index is 9.32. The fourth-order valence-electron chi connectivity index (χ4n) is 2.87. The average molecular weight is 209 g/mol. The van der Waals surface area contributed by atoms with Gasteiger partial charge in [0.1, 0.15) is 0 Å². The Morgan fingerprint density at radius 2 is 2.40 bits per heavy atom. The van der Waals surface area contributed by atoms with E-state index in [1.54, 1.807) is 0 Å². The molecule has 0 N–H and O–H groups in total. The normalized spacial score (nSPS) is 38.1. The van der Waals surface area contributed by atoms with Gasteiger partial charge in [0.2, 0.25) is 0 Å². The van der Waals surface area contributed by atoms with Gasteiger partial charge in [-0.1, -0.05) is 0 Å². The number of nitrogens with zero attached hydrogens (tertiary/aromatic N) is 1. The van der Waals surface area contributed by atoms with Crippen LogP contribution in [0.2, 0.25) is 0 Å². The number of rotatable bonds is 5. The third kappa shape index (κ3) is 2.02. The number of nitriles is 1. The number of hydrogen-bond donors (Lipinski definition) is 0. The van der Waals surface area contributed by atoms with E-state index in [9.17, 15) is 5.26 Å². The van der Waals surface area contributed by atoms with E-state index in [1.165, 1.54) is 0 Å². The minimum Gasteiger partial charge on any atom is -0.382 e. The summed E-state index contributed by atoms with van der Waals surface area (Å²) >= 11 is 0. The molecule has 15 heavy (non-hydrogen) atoms. The van der Waals surface area contributed by atoms with Crippen molar-refractivity contribution in [1.29, 1.82) is 5.26 Å². The minimum absolute atomic E-state index is 0.194. The molecule has 2 aliphatic heterocycles. The van der Waals surface area contributed by atoms with E-state index in [0.29, 0.717) is 6.10 Å². The molecule has 2 heterocycles. The van der Waals surface area contributed by atoms with Crippen LogP contribution in [0.4, 0.5) is 0 Å². The Morgan fingerprint density at radius 3 is 2.93 bits per heavy atom. The van der Waals surface area contributed by atoms with Crippen molar-refractivity contribution in [3.8, 4) is 6.07 Å². The van der Waals surface area contributed by atoms with Gasteiger partial charge in [-0.15, -0.1) is 0 Å². The predicted molar refractivity (Wildman–Crippen MR) is 56.3 cm³/mol. The van der Waals surface area contributed by atoms with Crippen molar-refractivity contribution in [3.05, 3.63) is 0 Å². The van der Waals surface area contributed by atoms with E-state index in [2.05, 4.69) is 6.07 Å². The monoisotopic (exact) mass is 209 g/mol. The topological polar surface area (TPSA) is 42.2 Å². The first kappa shape index (κ1) is 10.9. The Labute approximate surface area is 91.4 Å². The molecular formula is C12H19NO2. The molecule has 3 unspecified atom stereocenters. The maximum Gasteiger partial charge on any atom is 0.0860 e. The molecule has 0 spiro atoms. The summed E-state index contributed by atoms with van der Waals surface area (Å²) in [6.07, 6.45) is 5.65. The summed E-state index contributed by atoms with van der Waals surface area (Å²) in [5.41, 5.74) is -0.194.